The number of carbonyl (C=O) groups excluding carboxylic acids is 3. The summed E-state index contributed by atoms with van der Waals surface area (Å²) in [6.45, 7) is 1.52. The van der Waals surface area contributed by atoms with Crippen molar-refractivity contribution in [1.29, 1.82) is 5.26 Å². The average Bonchev–Trinajstić information content (AvgIpc) is 2.86. The zero-order valence-corrected chi connectivity index (χ0v) is 13.5. The second-order valence-electron chi connectivity index (χ2n) is 6.45. The maximum atomic E-state index is 12.6. The Morgan fingerprint density at radius 2 is 1.71 bits per heavy atom. The van der Waals surface area contributed by atoms with Gasteiger partial charge in [-0.05, 0) is 31.9 Å². The van der Waals surface area contributed by atoms with Crippen molar-refractivity contribution in [2.75, 3.05) is 0 Å². The van der Waals surface area contributed by atoms with Gasteiger partial charge in [-0.15, -0.1) is 0 Å². The quantitative estimate of drug-likeness (QED) is 0.861. The van der Waals surface area contributed by atoms with Gasteiger partial charge < -0.3 is 5.32 Å². The van der Waals surface area contributed by atoms with E-state index < -0.39 is 29.3 Å². The number of carbonyl (C=O) groups is 3. The monoisotopic (exact) mass is 325 g/mol. The van der Waals surface area contributed by atoms with Gasteiger partial charge in [0, 0.05) is 0 Å². The number of imide groups is 1. The van der Waals surface area contributed by atoms with Crippen LogP contribution in [0, 0.1) is 11.3 Å². The van der Waals surface area contributed by atoms with Crippen LogP contribution >= 0.6 is 0 Å². The number of fused-ring (bicyclic) bond motifs is 1. The Bertz CT molecular complexity index is 709. The maximum Gasteiger partial charge on any atom is 0.262 e. The lowest BCUT2D eigenvalue weighted by Crippen LogP contribution is -2.55. The first kappa shape index (κ1) is 16.2. The van der Waals surface area contributed by atoms with E-state index in [9.17, 15) is 19.6 Å². The summed E-state index contributed by atoms with van der Waals surface area (Å²) in [7, 11) is 0. The highest BCUT2D eigenvalue weighted by molar-refractivity contribution is 6.22. The van der Waals surface area contributed by atoms with Crippen LogP contribution in [0.25, 0.3) is 0 Å². The predicted molar refractivity (Wildman–Crippen MR) is 86.0 cm³/mol. The van der Waals surface area contributed by atoms with Crippen molar-refractivity contribution in [3.05, 3.63) is 35.4 Å². The Labute approximate surface area is 140 Å². The molecule has 0 saturated heterocycles. The summed E-state index contributed by atoms with van der Waals surface area (Å²) in [6, 6.07) is 7.79. The van der Waals surface area contributed by atoms with Gasteiger partial charge in [0.15, 0.2) is 0 Å². The van der Waals surface area contributed by atoms with Crippen molar-refractivity contribution < 1.29 is 14.4 Å². The van der Waals surface area contributed by atoms with Crippen molar-refractivity contribution >= 4 is 17.7 Å². The van der Waals surface area contributed by atoms with Crippen molar-refractivity contribution in [3.8, 4) is 6.07 Å². The molecule has 6 nitrogen and oxygen atoms in total. The van der Waals surface area contributed by atoms with Crippen LogP contribution < -0.4 is 5.32 Å². The van der Waals surface area contributed by atoms with Gasteiger partial charge in [-0.2, -0.15) is 5.26 Å². The summed E-state index contributed by atoms with van der Waals surface area (Å²) in [5.41, 5.74) is -0.257. The van der Waals surface area contributed by atoms with Crippen LogP contribution in [0.15, 0.2) is 24.3 Å². The van der Waals surface area contributed by atoms with Crippen molar-refractivity contribution in [2.45, 2.75) is 50.6 Å². The van der Waals surface area contributed by atoms with Crippen LogP contribution in [0.1, 0.15) is 59.7 Å². The molecule has 0 spiro atoms. The second-order valence-corrected chi connectivity index (χ2v) is 6.45. The van der Waals surface area contributed by atoms with Gasteiger partial charge in [-0.25, -0.2) is 0 Å². The highest BCUT2D eigenvalue weighted by Crippen LogP contribution is 2.29. The number of nitriles is 1. The molecule has 3 rings (SSSR count). The molecule has 1 heterocycles. The molecule has 1 aromatic rings. The molecule has 1 atom stereocenters. The molecule has 2 aliphatic rings. The fraction of sp³-hybridized carbons (Fsp3) is 0.444. The van der Waals surface area contributed by atoms with Gasteiger partial charge in [-0.1, -0.05) is 31.4 Å². The van der Waals surface area contributed by atoms with Crippen LogP contribution in [-0.2, 0) is 4.79 Å². The minimum atomic E-state index is -0.954. The Morgan fingerprint density at radius 1 is 1.17 bits per heavy atom. The van der Waals surface area contributed by atoms with E-state index in [0.717, 1.165) is 24.2 Å². The Balaban J connectivity index is 1.79. The summed E-state index contributed by atoms with van der Waals surface area (Å²) in [4.78, 5) is 38.5. The number of rotatable bonds is 3. The van der Waals surface area contributed by atoms with E-state index >= 15 is 0 Å². The maximum absolute atomic E-state index is 12.6. The minimum Gasteiger partial charge on any atom is -0.336 e. The van der Waals surface area contributed by atoms with Crippen LogP contribution in [0.2, 0.25) is 0 Å². The summed E-state index contributed by atoms with van der Waals surface area (Å²) in [5.74, 6) is -1.39. The number of nitrogens with zero attached hydrogens (tertiary/aromatic N) is 2. The van der Waals surface area contributed by atoms with E-state index in [0.29, 0.717) is 24.0 Å². The molecule has 1 fully saturated rings. The lowest BCUT2D eigenvalue weighted by atomic mass is 9.82. The molecule has 1 unspecified atom stereocenters. The Hall–Kier alpha value is -2.68. The fourth-order valence-corrected chi connectivity index (χ4v) is 3.44. The summed E-state index contributed by atoms with van der Waals surface area (Å²) < 4.78 is 0. The number of amides is 3. The van der Waals surface area contributed by atoms with Gasteiger partial charge in [0.1, 0.15) is 11.6 Å². The molecule has 0 aromatic heterocycles. The van der Waals surface area contributed by atoms with Crippen molar-refractivity contribution in [2.24, 2.45) is 0 Å². The molecule has 0 radical (unpaired) electrons. The van der Waals surface area contributed by atoms with E-state index in [1.54, 1.807) is 24.3 Å². The van der Waals surface area contributed by atoms with E-state index in [1.165, 1.54) is 6.92 Å². The summed E-state index contributed by atoms with van der Waals surface area (Å²) in [5, 5.41) is 12.3. The van der Waals surface area contributed by atoms with Crippen LogP contribution in [0.5, 0.6) is 0 Å². The van der Waals surface area contributed by atoms with Crippen molar-refractivity contribution in [3.63, 3.8) is 0 Å². The third kappa shape index (κ3) is 2.56. The van der Waals surface area contributed by atoms with Gasteiger partial charge in [0.2, 0.25) is 5.91 Å². The summed E-state index contributed by atoms with van der Waals surface area (Å²) >= 11 is 0. The van der Waals surface area contributed by atoms with E-state index in [4.69, 9.17) is 0 Å². The third-order valence-electron chi connectivity index (χ3n) is 4.88. The first-order chi connectivity index (χ1) is 11.5. The van der Waals surface area contributed by atoms with E-state index in [2.05, 4.69) is 11.4 Å². The normalized spacial score (nSPS) is 20.2. The molecular formula is C18H19N3O3. The smallest absolute Gasteiger partial charge is 0.262 e. The van der Waals surface area contributed by atoms with Crippen molar-refractivity contribution in [1.82, 2.24) is 10.2 Å². The van der Waals surface area contributed by atoms with Gasteiger partial charge >= 0.3 is 0 Å². The molecular weight excluding hydrogens is 306 g/mol. The largest absolute Gasteiger partial charge is 0.336 e. The molecule has 0 bridgehead atoms. The number of benzene rings is 1. The van der Waals surface area contributed by atoms with Crippen LogP contribution in [-0.4, -0.2) is 34.2 Å². The lowest BCUT2D eigenvalue weighted by molar-refractivity contribution is -0.126. The topological polar surface area (TPSA) is 90.3 Å². The number of hydrogen-bond donors (Lipinski definition) is 1. The molecule has 1 aliphatic carbocycles. The zero-order valence-electron chi connectivity index (χ0n) is 13.5. The predicted octanol–water partition coefficient (Wildman–Crippen LogP) is 2.01. The zero-order chi connectivity index (χ0) is 17.3. The Morgan fingerprint density at radius 3 is 2.21 bits per heavy atom. The summed E-state index contributed by atoms with van der Waals surface area (Å²) in [6.07, 6.45) is 4.02. The van der Waals surface area contributed by atoms with Gasteiger partial charge in [0.25, 0.3) is 11.8 Å². The molecule has 124 valence electrons. The SMILES string of the molecule is CC(C(=O)NC1(C#N)CCCCC1)N1C(=O)c2ccccc2C1=O. The van der Waals surface area contributed by atoms with Gasteiger partial charge in [-0.3, -0.25) is 19.3 Å². The number of hydrogen-bond acceptors (Lipinski definition) is 4. The van der Waals surface area contributed by atoms with Gasteiger partial charge in [0.05, 0.1) is 17.2 Å². The highest BCUT2D eigenvalue weighted by Gasteiger charge is 2.42. The minimum absolute atomic E-state index is 0.315. The first-order valence-corrected chi connectivity index (χ1v) is 8.19. The first-order valence-electron chi connectivity index (χ1n) is 8.19. The van der Waals surface area contributed by atoms with Crippen LogP contribution in [0.3, 0.4) is 0 Å². The standard InChI is InChI=1S/C18H19N3O3/c1-12(15(22)20-18(11-19)9-5-2-6-10-18)21-16(23)13-7-3-4-8-14(13)17(21)24/h3-4,7-8,12H,2,5-6,9-10H2,1H3,(H,20,22). The van der Waals surface area contributed by atoms with E-state index in [1.807, 2.05) is 0 Å². The molecule has 1 aliphatic heterocycles. The average molecular weight is 325 g/mol. The molecule has 1 aromatic carbocycles. The molecule has 1 N–H and O–H groups in total. The molecule has 1 saturated carbocycles. The van der Waals surface area contributed by atoms with Crippen LogP contribution in [0.4, 0.5) is 0 Å². The lowest BCUT2D eigenvalue weighted by Gasteiger charge is -2.33. The highest BCUT2D eigenvalue weighted by atomic mass is 16.2. The Kier molecular flexibility index (Phi) is 4.10. The fourth-order valence-electron chi connectivity index (χ4n) is 3.44. The molecule has 3 amide bonds. The molecule has 6 heteroatoms. The molecule has 24 heavy (non-hydrogen) atoms. The second kappa shape index (κ2) is 6.08. The number of nitrogens with one attached hydrogen (secondary N) is 1. The van der Waals surface area contributed by atoms with E-state index in [-0.39, 0.29) is 0 Å². The third-order valence-corrected chi connectivity index (χ3v) is 4.88.